The monoisotopic (exact) mass is 389 g/mol. The fourth-order valence-corrected chi connectivity index (χ4v) is 4.77. The molecule has 4 rings (SSSR count). The van der Waals surface area contributed by atoms with Crippen LogP contribution in [0.25, 0.3) is 0 Å². The number of carbonyl (C=O) groups excluding carboxylic acids is 2. The van der Waals surface area contributed by atoms with Crippen molar-refractivity contribution in [1.29, 1.82) is 0 Å². The first-order valence-corrected chi connectivity index (χ1v) is 10.8. The van der Waals surface area contributed by atoms with Gasteiger partial charge in [-0.2, -0.15) is 4.98 Å². The number of piperidine rings is 1. The molecule has 1 atom stereocenters. The summed E-state index contributed by atoms with van der Waals surface area (Å²) in [6.07, 6.45) is 11.4. The Morgan fingerprint density at radius 1 is 1.14 bits per heavy atom. The Morgan fingerprint density at radius 2 is 1.89 bits per heavy atom. The minimum Gasteiger partial charge on any atom is -0.352 e. The highest BCUT2D eigenvalue weighted by atomic mass is 16.5. The standard InChI is InChI=1S/C20H31N5O3/c21-19(27)23-20(9-10-20)18(26)25-11-5-6-14(13-25)12-16-22-17(24-28-16)15-7-3-1-2-4-8-15/h14-15H,1-13H2,(H3,21,23,27). The molecule has 2 aliphatic carbocycles. The number of amides is 3. The number of likely N-dealkylation sites (tertiary alicyclic amines) is 1. The fraction of sp³-hybridized carbons (Fsp3) is 0.800. The largest absolute Gasteiger partial charge is 0.352 e. The Balaban J connectivity index is 1.34. The van der Waals surface area contributed by atoms with E-state index in [0.29, 0.717) is 43.5 Å². The van der Waals surface area contributed by atoms with Crippen LogP contribution in [0.4, 0.5) is 4.79 Å². The Hall–Kier alpha value is -2.12. The molecular formula is C20H31N5O3. The third-order valence-electron chi connectivity index (χ3n) is 6.50. The van der Waals surface area contributed by atoms with E-state index in [1.54, 1.807) is 0 Å². The number of hydrogen-bond donors (Lipinski definition) is 2. The van der Waals surface area contributed by atoms with Crippen molar-refractivity contribution in [2.75, 3.05) is 13.1 Å². The number of nitrogens with two attached hydrogens (primary N) is 1. The third kappa shape index (κ3) is 4.31. The van der Waals surface area contributed by atoms with Gasteiger partial charge in [0.2, 0.25) is 11.8 Å². The van der Waals surface area contributed by atoms with Gasteiger partial charge in [0.1, 0.15) is 5.54 Å². The van der Waals surface area contributed by atoms with E-state index in [-0.39, 0.29) is 5.91 Å². The summed E-state index contributed by atoms with van der Waals surface area (Å²) in [5.74, 6) is 2.29. The molecule has 8 heteroatoms. The van der Waals surface area contributed by atoms with Crippen molar-refractivity contribution in [3.05, 3.63) is 11.7 Å². The van der Waals surface area contributed by atoms with Gasteiger partial charge in [-0.25, -0.2) is 4.79 Å². The van der Waals surface area contributed by atoms with Crippen LogP contribution in [0.1, 0.15) is 81.8 Å². The quantitative estimate of drug-likeness (QED) is 0.751. The van der Waals surface area contributed by atoms with Gasteiger partial charge in [0.15, 0.2) is 5.82 Å². The average Bonchev–Trinajstić information content (AvgIpc) is 3.39. The number of primary amides is 1. The van der Waals surface area contributed by atoms with Crippen LogP contribution in [0.3, 0.4) is 0 Å². The van der Waals surface area contributed by atoms with Gasteiger partial charge in [0.25, 0.3) is 0 Å². The second-order valence-corrected chi connectivity index (χ2v) is 8.77. The number of urea groups is 1. The molecule has 1 aromatic heterocycles. The van der Waals surface area contributed by atoms with E-state index in [1.165, 1.54) is 25.7 Å². The maximum atomic E-state index is 12.9. The summed E-state index contributed by atoms with van der Waals surface area (Å²) in [4.78, 5) is 30.6. The van der Waals surface area contributed by atoms with Crippen LogP contribution < -0.4 is 11.1 Å². The molecule has 154 valence electrons. The lowest BCUT2D eigenvalue weighted by atomic mass is 9.94. The van der Waals surface area contributed by atoms with Crippen LogP contribution in [0.5, 0.6) is 0 Å². The van der Waals surface area contributed by atoms with Gasteiger partial charge in [-0.15, -0.1) is 0 Å². The van der Waals surface area contributed by atoms with Crippen LogP contribution in [-0.4, -0.2) is 45.6 Å². The molecule has 3 aliphatic rings. The SMILES string of the molecule is NC(=O)NC1(C(=O)N2CCCC(Cc3nc(C4CCCCCC4)no3)C2)CC1. The van der Waals surface area contributed by atoms with Gasteiger partial charge in [0, 0.05) is 25.4 Å². The molecule has 1 unspecified atom stereocenters. The van der Waals surface area contributed by atoms with Gasteiger partial charge < -0.3 is 20.5 Å². The zero-order chi connectivity index (χ0) is 19.6. The Bertz CT molecular complexity index is 706. The van der Waals surface area contributed by atoms with Crippen molar-refractivity contribution in [3.8, 4) is 0 Å². The van der Waals surface area contributed by atoms with E-state index in [2.05, 4.69) is 15.5 Å². The molecule has 3 N–H and O–H groups in total. The number of carbonyl (C=O) groups is 2. The van der Waals surface area contributed by atoms with Crippen molar-refractivity contribution in [2.45, 2.75) is 82.1 Å². The summed E-state index contributed by atoms with van der Waals surface area (Å²) in [6, 6.07) is -0.628. The molecule has 28 heavy (non-hydrogen) atoms. The molecule has 3 fully saturated rings. The van der Waals surface area contributed by atoms with E-state index < -0.39 is 11.6 Å². The predicted octanol–water partition coefficient (Wildman–Crippen LogP) is 2.49. The predicted molar refractivity (Wildman–Crippen MR) is 102 cm³/mol. The van der Waals surface area contributed by atoms with Crippen LogP contribution >= 0.6 is 0 Å². The maximum Gasteiger partial charge on any atom is 0.313 e. The summed E-state index contributed by atoms with van der Waals surface area (Å²) >= 11 is 0. The van der Waals surface area contributed by atoms with Gasteiger partial charge in [-0.1, -0.05) is 30.8 Å². The lowest BCUT2D eigenvalue weighted by molar-refractivity contribution is -0.136. The molecule has 8 nitrogen and oxygen atoms in total. The average molecular weight is 390 g/mol. The molecule has 3 amide bonds. The number of nitrogens with zero attached hydrogens (tertiary/aromatic N) is 3. The van der Waals surface area contributed by atoms with E-state index >= 15 is 0 Å². The summed E-state index contributed by atoms with van der Waals surface area (Å²) < 4.78 is 5.55. The van der Waals surface area contributed by atoms with Crippen LogP contribution in [0.2, 0.25) is 0 Å². The lowest BCUT2D eigenvalue weighted by Gasteiger charge is -2.34. The van der Waals surface area contributed by atoms with Gasteiger partial charge in [-0.05, 0) is 44.4 Å². The smallest absolute Gasteiger partial charge is 0.313 e. The number of aromatic nitrogens is 2. The van der Waals surface area contributed by atoms with Crippen molar-refractivity contribution in [3.63, 3.8) is 0 Å². The van der Waals surface area contributed by atoms with E-state index in [1.807, 2.05) is 4.90 Å². The summed E-state index contributed by atoms with van der Waals surface area (Å²) in [6.45, 7) is 1.40. The zero-order valence-corrected chi connectivity index (χ0v) is 16.5. The Morgan fingerprint density at radius 3 is 2.57 bits per heavy atom. The lowest BCUT2D eigenvalue weighted by Crippen LogP contribution is -2.54. The second kappa shape index (κ2) is 8.09. The number of nitrogens with one attached hydrogen (secondary N) is 1. The molecule has 1 aliphatic heterocycles. The normalized spacial score (nSPS) is 25.1. The molecule has 0 bridgehead atoms. The topological polar surface area (TPSA) is 114 Å². The van der Waals surface area contributed by atoms with Crippen LogP contribution in [0.15, 0.2) is 4.52 Å². The minimum absolute atomic E-state index is 0.000624. The number of hydrogen-bond acceptors (Lipinski definition) is 5. The Kier molecular flexibility index (Phi) is 5.55. The van der Waals surface area contributed by atoms with Crippen LogP contribution in [0, 0.1) is 5.92 Å². The van der Waals surface area contributed by atoms with E-state index in [9.17, 15) is 9.59 Å². The number of rotatable bonds is 5. The summed E-state index contributed by atoms with van der Waals surface area (Å²) in [5.41, 5.74) is 4.48. The van der Waals surface area contributed by atoms with Gasteiger partial charge in [-0.3, -0.25) is 4.79 Å². The first kappa shape index (κ1) is 19.2. The summed E-state index contributed by atoms with van der Waals surface area (Å²) in [7, 11) is 0. The highest BCUT2D eigenvalue weighted by Gasteiger charge is 2.53. The molecule has 2 saturated carbocycles. The van der Waals surface area contributed by atoms with Crippen molar-refractivity contribution >= 4 is 11.9 Å². The molecule has 2 heterocycles. The van der Waals surface area contributed by atoms with Gasteiger partial charge >= 0.3 is 6.03 Å². The highest BCUT2D eigenvalue weighted by Crippen LogP contribution is 2.38. The maximum absolute atomic E-state index is 12.9. The highest BCUT2D eigenvalue weighted by molar-refractivity contribution is 5.93. The molecular weight excluding hydrogens is 358 g/mol. The van der Waals surface area contributed by atoms with E-state index in [4.69, 9.17) is 10.3 Å². The molecule has 0 spiro atoms. The first-order valence-electron chi connectivity index (χ1n) is 10.8. The molecule has 0 radical (unpaired) electrons. The first-order chi connectivity index (χ1) is 13.6. The fourth-order valence-electron chi connectivity index (χ4n) is 4.77. The third-order valence-corrected chi connectivity index (χ3v) is 6.50. The van der Waals surface area contributed by atoms with E-state index in [0.717, 1.165) is 38.1 Å². The molecule has 1 aromatic rings. The van der Waals surface area contributed by atoms with Crippen molar-refractivity contribution in [2.24, 2.45) is 11.7 Å². The second-order valence-electron chi connectivity index (χ2n) is 8.77. The summed E-state index contributed by atoms with van der Waals surface area (Å²) in [5, 5.41) is 6.90. The molecule has 1 saturated heterocycles. The minimum atomic E-state index is -0.759. The zero-order valence-electron chi connectivity index (χ0n) is 16.5. The van der Waals surface area contributed by atoms with Crippen molar-refractivity contribution in [1.82, 2.24) is 20.4 Å². The molecule has 0 aromatic carbocycles. The van der Waals surface area contributed by atoms with Gasteiger partial charge in [0.05, 0.1) is 0 Å². The van der Waals surface area contributed by atoms with Crippen molar-refractivity contribution < 1.29 is 14.1 Å². The van der Waals surface area contributed by atoms with Crippen LogP contribution in [-0.2, 0) is 11.2 Å². The Labute approximate surface area is 165 Å².